The molecule has 2 aromatic rings. The van der Waals surface area contributed by atoms with Gasteiger partial charge >= 0.3 is 5.63 Å². The Labute approximate surface area is 122 Å². The summed E-state index contributed by atoms with van der Waals surface area (Å²) in [6.45, 7) is 3.25. The molecule has 1 aromatic carbocycles. The number of nitrogens with one attached hydrogen (secondary N) is 1. The maximum atomic E-state index is 12.2. The van der Waals surface area contributed by atoms with Crippen LogP contribution >= 0.6 is 0 Å². The number of hydrogen-bond donors (Lipinski definition) is 2. The molecular formula is C14H17NO5S. The van der Waals surface area contributed by atoms with Crippen molar-refractivity contribution in [3.8, 4) is 0 Å². The number of hydrogen-bond acceptors (Lipinski definition) is 5. The lowest BCUT2D eigenvalue weighted by atomic mass is 10.1. The maximum Gasteiger partial charge on any atom is 0.336 e. The average Bonchev–Trinajstić information content (AvgIpc) is 2.45. The predicted octanol–water partition coefficient (Wildman–Crippen LogP) is 1.23. The van der Waals surface area contributed by atoms with Gasteiger partial charge in [-0.3, -0.25) is 0 Å². The molecule has 21 heavy (non-hydrogen) atoms. The van der Waals surface area contributed by atoms with E-state index in [0.29, 0.717) is 17.4 Å². The highest BCUT2D eigenvalue weighted by atomic mass is 32.2. The number of benzene rings is 1. The lowest BCUT2D eigenvalue weighted by Crippen LogP contribution is -2.40. The predicted molar refractivity (Wildman–Crippen MR) is 78.6 cm³/mol. The van der Waals surface area contributed by atoms with E-state index in [4.69, 9.17) is 4.42 Å². The van der Waals surface area contributed by atoms with Crippen molar-refractivity contribution < 1.29 is 17.9 Å². The molecule has 0 saturated carbocycles. The molecule has 6 nitrogen and oxygen atoms in total. The van der Waals surface area contributed by atoms with Crippen molar-refractivity contribution in [1.82, 2.24) is 4.72 Å². The van der Waals surface area contributed by atoms with E-state index in [1.807, 2.05) is 0 Å². The summed E-state index contributed by atoms with van der Waals surface area (Å²) in [5.74, 6) is 0. The Morgan fingerprint density at radius 2 is 2.00 bits per heavy atom. The molecule has 0 fully saturated rings. The van der Waals surface area contributed by atoms with Gasteiger partial charge in [0.1, 0.15) is 5.58 Å². The van der Waals surface area contributed by atoms with Crippen LogP contribution in [0.3, 0.4) is 0 Å². The summed E-state index contributed by atoms with van der Waals surface area (Å²) in [7, 11) is -3.73. The Kier molecular flexibility index (Phi) is 4.18. The Hall–Kier alpha value is -1.70. The molecule has 1 heterocycles. The van der Waals surface area contributed by atoms with Gasteiger partial charge < -0.3 is 9.52 Å². The maximum absolute atomic E-state index is 12.2. The van der Waals surface area contributed by atoms with Crippen LogP contribution in [0.4, 0.5) is 0 Å². The Balaban J connectivity index is 2.32. The molecule has 7 heteroatoms. The molecule has 0 aliphatic carbocycles. The topological polar surface area (TPSA) is 96.6 Å². The van der Waals surface area contributed by atoms with Crippen LogP contribution in [0.25, 0.3) is 11.0 Å². The van der Waals surface area contributed by atoms with Crippen LogP contribution in [0.5, 0.6) is 0 Å². The van der Waals surface area contributed by atoms with E-state index < -0.39 is 21.2 Å². The van der Waals surface area contributed by atoms with Crippen molar-refractivity contribution in [1.29, 1.82) is 0 Å². The van der Waals surface area contributed by atoms with Crippen molar-refractivity contribution in [3.05, 3.63) is 40.8 Å². The quantitative estimate of drug-likeness (QED) is 0.810. The zero-order chi connectivity index (χ0) is 15.7. The smallest absolute Gasteiger partial charge is 0.336 e. The lowest BCUT2D eigenvalue weighted by Gasteiger charge is -2.21. The summed E-state index contributed by atoms with van der Waals surface area (Å²) in [6.07, 6.45) is 0.429. The molecule has 0 radical (unpaired) electrons. The van der Waals surface area contributed by atoms with E-state index in [-0.39, 0.29) is 11.4 Å². The van der Waals surface area contributed by atoms with Gasteiger partial charge in [-0.25, -0.2) is 17.9 Å². The highest BCUT2D eigenvalue weighted by Gasteiger charge is 2.22. The van der Waals surface area contributed by atoms with Gasteiger partial charge in [0.05, 0.1) is 10.5 Å². The number of sulfonamides is 1. The molecule has 114 valence electrons. The van der Waals surface area contributed by atoms with Gasteiger partial charge in [0.2, 0.25) is 10.0 Å². The second kappa shape index (κ2) is 5.59. The molecule has 0 spiro atoms. The minimum absolute atomic E-state index is 0.0516. The van der Waals surface area contributed by atoms with Crippen LogP contribution in [0, 0.1) is 0 Å². The van der Waals surface area contributed by atoms with Crippen LogP contribution in [-0.4, -0.2) is 25.7 Å². The van der Waals surface area contributed by atoms with Gasteiger partial charge in [-0.1, -0.05) is 6.92 Å². The molecule has 2 rings (SSSR count). The van der Waals surface area contributed by atoms with Crippen molar-refractivity contribution in [2.24, 2.45) is 0 Å². The third kappa shape index (κ3) is 3.69. The first kappa shape index (κ1) is 15.7. The van der Waals surface area contributed by atoms with Gasteiger partial charge in [0.25, 0.3) is 0 Å². The standard InChI is InChI=1S/C14H17NO5S/c1-3-14(2,17)9-15-21(18,19)11-5-6-12-10(8-11)4-7-13(16)20-12/h4-8,15,17H,3,9H2,1-2H3. The minimum Gasteiger partial charge on any atom is -0.423 e. The molecule has 0 aliphatic rings. The Morgan fingerprint density at radius 1 is 1.29 bits per heavy atom. The van der Waals surface area contributed by atoms with Crippen molar-refractivity contribution in [2.75, 3.05) is 6.54 Å². The second-order valence-corrected chi connectivity index (χ2v) is 6.90. The van der Waals surface area contributed by atoms with Crippen LogP contribution < -0.4 is 10.3 Å². The molecular weight excluding hydrogens is 294 g/mol. The average molecular weight is 311 g/mol. The van der Waals surface area contributed by atoms with Gasteiger partial charge in [-0.15, -0.1) is 0 Å². The highest BCUT2D eigenvalue weighted by Crippen LogP contribution is 2.18. The van der Waals surface area contributed by atoms with E-state index in [2.05, 4.69) is 4.72 Å². The van der Waals surface area contributed by atoms with Gasteiger partial charge in [0, 0.05) is 18.0 Å². The number of rotatable bonds is 5. The van der Waals surface area contributed by atoms with Crippen LogP contribution in [0.15, 0.2) is 44.4 Å². The third-order valence-electron chi connectivity index (χ3n) is 3.31. The Morgan fingerprint density at radius 3 is 2.67 bits per heavy atom. The van der Waals surface area contributed by atoms with E-state index in [1.165, 1.54) is 30.3 Å². The first-order valence-electron chi connectivity index (χ1n) is 6.49. The zero-order valence-corrected chi connectivity index (χ0v) is 12.6. The number of fused-ring (bicyclic) bond motifs is 1. The summed E-state index contributed by atoms with van der Waals surface area (Å²) in [6, 6.07) is 6.94. The van der Waals surface area contributed by atoms with E-state index in [1.54, 1.807) is 13.8 Å². The molecule has 1 atom stereocenters. The molecule has 1 unspecified atom stereocenters. The molecule has 0 bridgehead atoms. The second-order valence-electron chi connectivity index (χ2n) is 5.13. The normalized spacial score (nSPS) is 15.0. The summed E-state index contributed by atoms with van der Waals surface area (Å²) in [5, 5.41) is 10.4. The van der Waals surface area contributed by atoms with Gasteiger partial charge in [0.15, 0.2) is 0 Å². The summed E-state index contributed by atoms with van der Waals surface area (Å²) >= 11 is 0. The lowest BCUT2D eigenvalue weighted by molar-refractivity contribution is 0.0613. The van der Waals surface area contributed by atoms with Crippen LogP contribution in [0.2, 0.25) is 0 Å². The monoisotopic (exact) mass is 311 g/mol. The van der Waals surface area contributed by atoms with Crippen LogP contribution in [-0.2, 0) is 10.0 Å². The molecule has 0 amide bonds. The highest BCUT2D eigenvalue weighted by molar-refractivity contribution is 7.89. The van der Waals surface area contributed by atoms with E-state index in [9.17, 15) is 18.3 Å². The fraction of sp³-hybridized carbons (Fsp3) is 0.357. The minimum atomic E-state index is -3.73. The SMILES string of the molecule is CCC(C)(O)CNS(=O)(=O)c1ccc2oc(=O)ccc2c1. The van der Waals surface area contributed by atoms with Crippen molar-refractivity contribution in [2.45, 2.75) is 30.8 Å². The molecule has 2 N–H and O–H groups in total. The first-order valence-corrected chi connectivity index (χ1v) is 7.98. The Bertz CT molecular complexity index is 807. The largest absolute Gasteiger partial charge is 0.423 e. The summed E-state index contributed by atoms with van der Waals surface area (Å²) < 4.78 is 31.7. The van der Waals surface area contributed by atoms with E-state index >= 15 is 0 Å². The van der Waals surface area contributed by atoms with Crippen molar-refractivity contribution in [3.63, 3.8) is 0 Å². The van der Waals surface area contributed by atoms with Crippen LogP contribution in [0.1, 0.15) is 20.3 Å². The zero-order valence-electron chi connectivity index (χ0n) is 11.8. The van der Waals surface area contributed by atoms with E-state index in [0.717, 1.165) is 0 Å². The summed E-state index contributed by atoms with van der Waals surface area (Å²) in [5.41, 5.74) is -1.27. The third-order valence-corrected chi connectivity index (χ3v) is 4.70. The fourth-order valence-corrected chi connectivity index (χ4v) is 2.87. The van der Waals surface area contributed by atoms with Gasteiger partial charge in [-0.05, 0) is 37.6 Å². The van der Waals surface area contributed by atoms with Gasteiger partial charge in [-0.2, -0.15) is 0 Å². The number of aliphatic hydroxyl groups is 1. The summed E-state index contributed by atoms with van der Waals surface area (Å²) in [4.78, 5) is 11.1. The molecule has 0 saturated heterocycles. The fourth-order valence-electron chi connectivity index (χ4n) is 1.68. The molecule has 0 aliphatic heterocycles. The first-order chi connectivity index (χ1) is 9.73. The van der Waals surface area contributed by atoms with Crippen molar-refractivity contribution >= 4 is 21.0 Å². The molecule has 1 aromatic heterocycles.